The van der Waals surface area contributed by atoms with Crippen LogP contribution in [0, 0.1) is 6.92 Å². The highest BCUT2D eigenvalue weighted by molar-refractivity contribution is 6.36. The van der Waals surface area contributed by atoms with Crippen molar-refractivity contribution in [2.75, 3.05) is 5.32 Å². The Bertz CT molecular complexity index is 1330. The fourth-order valence-electron chi connectivity index (χ4n) is 3.46. The standard InChI is InChI=1S/C24H17Cl2N3O2/c1-13-21(24(31)28-16-9-6-14(7-10-16)23(27)30)18-4-2-3-5-20(18)29-22(13)17-11-8-15(25)12-19(17)26/h2-12H,1H3,(H2,27,30)(H,28,31). The molecule has 154 valence electrons. The van der Waals surface area contributed by atoms with Crippen LogP contribution in [0.5, 0.6) is 0 Å². The van der Waals surface area contributed by atoms with Gasteiger partial charge in [-0.05, 0) is 61.0 Å². The van der Waals surface area contributed by atoms with Crippen molar-refractivity contribution in [2.24, 2.45) is 5.73 Å². The van der Waals surface area contributed by atoms with Crippen LogP contribution in [0.2, 0.25) is 10.0 Å². The molecule has 31 heavy (non-hydrogen) atoms. The predicted octanol–water partition coefficient (Wildman–Crippen LogP) is 5.87. The van der Waals surface area contributed by atoms with Gasteiger partial charge < -0.3 is 11.1 Å². The Balaban J connectivity index is 1.83. The Labute approximate surface area is 188 Å². The van der Waals surface area contributed by atoms with Gasteiger partial charge in [-0.1, -0.05) is 41.4 Å². The predicted molar refractivity (Wildman–Crippen MR) is 125 cm³/mol. The first kappa shape index (κ1) is 20.8. The summed E-state index contributed by atoms with van der Waals surface area (Å²) in [5, 5.41) is 4.58. The second-order valence-corrected chi connectivity index (χ2v) is 7.84. The van der Waals surface area contributed by atoms with E-state index in [0.717, 1.165) is 5.39 Å². The van der Waals surface area contributed by atoms with E-state index in [9.17, 15) is 9.59 Å². The lowest BCUT2D eigenvalue weighted by Crippen LogP contribution is -2.16. The third-order valence-electron chi connectivity index (χ3n) is 4.98. The number of benzene rings is 3. The lowest BCUT2D eigenvalue weighted by molar-refractivity contribution is 0.0998. The van der Waals surface area contributed by atoms with Crippen molar-refractivity contribution in [3.8, 4) is 11.3 Å². The molecule has 0 fully saturated rings. The molecule has 0 atom stereocenters. The smallest absolute Gasteiger partial charge is 0.256 e. The van der Waals surface area contributed by atoms with Crippen LogP contribution in [0.1, 0.15) is 26.3 Å². The molecule has 1 heterocycles. The van der Waals surface area contributed by atoms with E-state index in [4.69, 9.17) is 33.9 Å². The lowest BCUT2D eigenvalue weighted by Gasteiger charge is -2.16. The zero-order valence-corrected chi connectivity index (χ0v) is 18.0. The second kappa shape index (κ2) is 8.38. The van der Waals surface area contributed by atoms with Crippen molar-refractivity contribution in [2.45, 2.75) is 6.92 Å². The molecule has 0 saturated heterocycles. The van der Waals surface area contributed by atoms with Crippen LogP contribution in [-0.2, 0) is 0 Å². The number of pyridine rings is 1. The van der Waals surface area contributed by atoms with Crippen LogP contribution in [0.3, 0.4) is 0 Å². The fourth-order valence-corrected chi connectivity index (χ4v) is 3.95. The summed E-state index contributed by atoms with van der Waals surface area (Å²) in [5.74, 6) is -0.826. The Morgan fingerprint density at radius 1 is 0.968 bits per heavy atom. The van der Waals surface area contributed by atoms with E-state index >= 15 is 0 Å². The van der Waals surface area contributed by atoms with Gasteiger partial charge in [-0.15, -0.1) is 0 Å². The minimum absolute atomic E-state index is 0.297. The summed E-state index contributed by atoms with van der Waals surface area (Å²) in [5.41, 5.74) is 9.33. The van der Waals surface area contributed by atoms with Gasteiger partial charge in [0.25, 0.3) is 5.91 Å². The molecule has 7 heteroatoms. The van der Waals surface area contributed by atoms with E-state index in [1.807, 2.05) is 31.2 Å². The lowest BCUT2D eigenvalue weighted by atomic mass is 9.97. The molecular formula is C24H17Cl2N3O2. The molecule has 4 aromatic rings. The number of fused-ring (bicyclic) bond motifs is 1. The Hall–Kier alpha value is -3.41. The first-order valence-electron chi connectivity index (χ1n) is 9.41. The van der Waals surface area contributed by atoms with Crippen molar-refractivity contribution >= 4 is 51.6 Å². The molecule has 0 saturated carbocycles. The number of rotatable bonds is 4. The minimum atomic E-state index is -0.529. The molecular weight excluding hydrogens is 433 g/mol. The van der Waals surface area contributed by atoms with Gasteiger partial charge >= 0.3 is 0 Å². The summed E-state index contributed by atoms with van der Waals surface area (Å²) < 4.78 is 0. The number of carbonyl (C=O) groups is 2. The highest BCUT2D eigenvalue weighted by Gasteiger charge is 2.20. The van der Waals surface area contributed by atoms with E-state index in [1.54, 1.807) is 42.5 Å². The summed E-state index contributed by atoms with van der Waals surface area (Å²) in [6, 6.07) is 19.0. The molecule has 0 spiro atoms. The molecule has 2 amide bonds. The highest BCUT2D eigenvalue weighted by atomic mass is 35.5. The fraction of sp³-hybridized carbons (Fsp3) is 0.0417. The summed E-state index contributed by atoms with van der Waals surface area (Å²) in [4.78, 5) is 29.3. The number of halogens is 2. The number of nitrogens with one attached hydrogen (secondary N) is 1. The van der Waals surface area contributed by atoms with E-state index in [2.05, 4.69) is 5.32 Å². The first-order chi connectivity index (χ1) is 14.8. The number of amides is 2. The zero-order chi connectivity index (χ0) is 22.1. The molecule has 0 aliphatic carbocycles. The third kappa shape index (κ3) is 4.10. The van der Waals surface area contributed by atoms with Crippen LogP contribution in [0.4, 0.5) is 5.69 Å². The number of nitrogens with two attached hydrogens (primary N) is 1. The van der Waals surface area contributed by atoms with E-state index in [1.165, 1.54) is 0 Å². The number of nitrogens with zero attached hydrogens (tertiary/aromatic N) is 1. The molecule has 4 rings (SSSR count). The van der Waals surface area contributed by atoms with Gasteiger partial charge in [0, 0.05) is 27.2 Å². The van der Waals surface area contributed by atoms with Crippen LogP contribution >= 0.6 is 23.2 Å². The van der Waals surface area contributed by atoms with Crippen molar-refractivity contribution in [3.05, 3.63) is 93.5 Å². The van der Waals surface area contributed by atoms with Crippen molar-refractivity contribution in [1.82, 2.24) is 4.98 Å². The van der Waals surface area contributed by atoms with Crippen molar-refractivity contribution in [3.63, 3.8) is 0 Å². The minimum Gasteiger partial charge on any atom is -0.366 e. The van der Waals surface area contributed by atoms with Gasteiger partial charge in [0.2, 0.25) is 5.91 Å². The van der Waals surface area contributed by atoms with E-state index in [-0.39, 0.29) is 5.91 Å². The normalized spacial score (nSPS) is 10.8. The molecule has 5 nitrogen and oxygen atoms in total. The number of hydrogen-bond donors (Lipinski definition) is 2. The largest absolute Gasteiger partial charge is 0.366 e. The second-order valence-electron chi connectivity index (χ2n) is 7.00. The van der Waals surface area contributed by atoms with Crippen LogP contribution in [0.25, 0.3) is 22.2 Å². The Morgan fingerprint density at radius 3 is 2.35 bits per heavy atom. The molecule has 0 aliphatic heterocycles. The van der Waals surface area contributed by atoms with Crippen molar-refractivity contribution in [1.29, 1.82) is 0 Å². The van der Waals surface area contributed by atoms with Gasteiger partial charge in [0.1, 0.15) is 0 Å². The van der Waals surface area contributed by atoms with E-state index in [0.29, 0.717) is 49.2 Å². The van der Waals surface area contributed by atoms with Crippen LogP contribution in [0.15, 0.2) is 66.7 Å². The molecule has 1 aromatic heterocycles. The monoisotopic (exact) mass is 449 g/mol. The van der Waals surface area contributed by atoms with Gasteiger partial charge in [-0.2, -0.15) is 0 Å². The topological polar surface area (TPSA) is 85.1 Å². The quantitative estimate of drug-likeness (QED) is 0.408. The third-order valence-corrected chi connectivity index (χ3v) is 5.52. The molecule has 3 aromatic carbocycles. The van der Waals surface area contributed by atoms with Gasteiger partial charge in [-0.3, -0.25) is 9.59 Å². The number of primary amides is 1. The molecule has 0 aliphatic rings. The number of para-hydroxylation sites is 1. The van der Waals surface area contributed by atoms with Gasteiger partial charge in [0.05, 0.1) is 21.8 Å². The van der Waals surface area contributed by atoms with Gasteiger partial charge in [0.15, 0.2) is 0 Å². The number of aromatic nitrogens is 1. The summed E-state index contributed by atoms with van der Waals surface area (Å²) in [7, 11) is 0. The van der Waals surface area contributed by atoms with Gasteiger partial charge in [-0.25, -0.2) is 4.98 Å². The first-order valence-corrected chi connectivity index (χ1v) is 10.2. The molecule has 0 bridgehead atoms. The average molecular weight is 450 g/mol. The maximum absolute atomic E-state index is 13.3. The molecule has 0 radical (unpaired) electrons. The number of carbonyl (C=O) groups excluding carboxylic acids is 2. The Kier molecular flexibility index (Phi) is 5.63. The SMILES string of the molecule is Cc1c(-c2ccc(Cl)cc2Cl)nc2ccccc2c1C(=O)Nc1ccc(C(N)=O)cc1. The van der Waals surface area contributed by atoms with Crippen molar-refractivity contribution < 1.29 is 9.59 Å². The summed E-state index contributed by atoms with van der Waals surface area (Å²) in [6.45, 7) is 1.84. The molecule has 0 unspecified atom stereocenters. The number of anilines is 1. The average Bonchev–Trinajstić information content (AvgIpc) is 2.74. The van der Waals surface area contributed by atoms with Crippen LogP contribution < -0.4 is 11.1 Å². The van der Waals surface area contributed by atoms with E-state index < -0.39 is 5.91 Å². The maximum atomic E-state index is 13.3. The highest BCUT2D eigenvalue weighted by Crippen LogP contribution is 2.35. The zero-order valence-electron chi connectivity index (χ0n) is 16.4. The Morgan fingerprint density at radius 2 is 1.68 bits per heavy atom. The summed E-state index contributed by atoms with van der Waals surface area (Å²) >= 11 is 12.5. The summed E-state index contributed by atoms with van der Waals surface area (Å²) in [6.07, 6.45) is 0. The molecule has 3 N–H and O–H groups in total. The van der Waals surface area contributed by atoms with Crippen LogP contribution in [-0.4, -0.2) is 16.8 Å². The maximum Gasteiger partial charge on any atom is 0.256 e. The number of hydrogen-bond acceptors (Lipinski definition) is 3.